The minimum atomic E-state index is -3.88. The summed E-state index contributed by atoms with van der Waals surface area (Å²) in [5.41, 5.74) is 5.98. The summed E-state index contributed by atoms with van der Waals surface area (Å²) in [6, 6.07) is 4.18. The molecule has 0 radical (unpaired) electrons. The summed E-state index contributed by atoms with van der Waals surface area (Å²) in [6.07, 6.45) is -1.48. The number of nitrogens with two attached hydrogens (primary N) is 1. The van der Waals surface area contributed by atoms with Gasteiger partial charge in [-0.2, -0.15) is 0 Å². The molecule has 20 heavy (non-hydrogen) atoms. The number of hydrogen-bond donors (Lipinski definition) is 4. The van der Waals surface area contributed by atoms with Crippen molar-refractivity contribution in [1.82, 2.24) is 4.72 Å². The second-order valence-electron chi connectivity index (χ2n) is 4.31. The van der Waals surface area contributed by atoms with Crippen LogP contribution in [0.2, 0.25) is 0 Å². The lowest BCUT2D eigenvalue weighted by atomic mass is 10.2. The second-order valence-corrected chi connectivity index (χ2v) is 6.08. The number of anilines is 1. The van der Waals surface area contributed by atoms with Crippen molar-refractivity contribution in [3.8, 4) is 0 Å². The van der Waals surface area contributed by atoms with Crippen molar-refractivity contribution in [2.75, 3.05) is 11.9 Å². The molecule has 1 aromatic rings. The van der Waals surface area contributed by atoms with E-state index in [4.69, 9.17) is 5.73 Å². The van der Waals surface area contributed by atoms with E-state index in [1.807, 2.05) is 0 Å². The van der Waals surface area contributed by atoms with Crippen molar-refractivity contribution in [3.63, 3.8) is 0 Å². The fraction of sp³-hybridized carbons (Fsp3) is 0.273. The van der Waals surface area contributed by atoms with Crippen LogP contribution in [0.5, 0.6) is 0 Å². The highest BCUT2D eigenvalue weighted by molar-refractivity contribution is 7.89. The van der Waals surface area contributed by atoms with Crippen molar-refractivity contribution in [3.05, 3.63) is 23.8 Å². The van der Waals surface area contributed by atoms with E-state index in [9.17, 15) is 23.1 Å². The normalized spacial score (nSPS) is 15.6. The van der Waals surface area contributed by atoms with Crippen LogP contribution in [0.25, 0.3) is 0 Å². The topological polar surface area (TPSA) is 139 Å². The fourth-order valence-corrected chi connectivity index (χ4v) is 2.83. The number of fused-ring (bicyclic) bond motifs is 1. The van der Waals surface area contributed by atoms with Gasteiger partial charge in [0.1, 0.15) is 6.10 Å². The molecule has 0 fully saturated rings. The first kappa shape index (κ1) is 14.4. The molecule has 0 aliphatic carbocycles. The minimum absolute atomic E-state index is 0.0515. The number of carbonyl (C=O) groups is 2. The zero-order valence-corrected chi connectivity index (χ0v) is 11.1. The van der Waals surface area contributed by atoms with Gasteiger partial charge in [-0.05, 0) is 23.8 Å². The maximum absolute atomic E-state index is 12.0. The highest BCUT2D eigenvalue weighted by Crippen LogP contribution is 2.25. The number of amides is 2. The molecule has 1 heterocycles. The summed E-state index contributed by atoms with van der Waals surface area (Å²) < 4.78 is 26.0. The lowest BCUT2D eigenvalue weighted by Gasteiger charge is -2.10. The third kappa shape index (κ3) is 2.95. The molecule has 1 atom stereocenters. The van der Waals surface area contributed by atoms with Crippen molar-refractivity contribution in [2.45, 2.75) is 17.4 Å². The molecule has 1 aromatic carbocycles. The Morgan fingerprint density at radius 3 is 2.85 bits per heavy atom. The molecular weight excluding hydrogens is 286 g/mol. The Morgan fingerprint density at radius 2 is 2.20 bits per heavy atom. The molecule has 2 amide bonds. The van der Waals surface area contributed by atoms with E-state index < -0.39 is 28.6 Å². The Hall–Kier alpha value is -1.97. The van der Waals surface area contributed by atoms with Crippen LogP contribution in [0.3, 0.4) is 0 Å². The number of sulfonamides is 1. The number of benzene rings is 1. The smallest absolute Gasteiger partial charge is 0.247 e. The van der Waals surface area contributed by atoms with Crippen LogP contribution in [0.4, 0.5) is 5.69 Å². The lowest BCUT2D eigenvalue weighted by Crippen LogP contribution is -2.39. The third-order valence-corrected chi connectivity index (χ3v) is 4.23. The summed E-state index contributed by atoms with van der Waals surface area (Å²) in [5.74, 6) is -1.22. The summed E-state index contributed by atoms with van der Waals surface area (Å²) in [5, 5.41) is 11.8. The number of aliphatic hydroxyl groups excluding tert-OH is 1. The number of aliphatic hydroxyl groups is 1. The van der Waals surface area contributed by atoms with E-state index in [0.29, 0.717) is 11.3 Å². The summed E-state index contributed by atoms with van der Waals surface area (Å²) in [4.78, 5) is 21.8. The molecule has 0 bridgehead atoms. The first-order chi connectivity index (χ1) is 9.29. The van der Waals surface area contributed by atoms with E-state index >= 15 is 0 Å². The van der Waals surface area contributed by atoms with Gasteiger partial charge >= 0.3 is 0 Å². The predicted molar refractivity (Wildman–Crippen MR) is 69.2 cm³/mol. The molecule has 108 valence electrons. The molecular formula is C11H13N3O5S. The van der Waals surface area contributed by atoms with Crippen LogP contribution in [0.1, 0.15) is 5.56 Å². The highest BCUT2D eigenvalue weighted by Gasteiger charge is 2.23. The van der Waals surface area contributed by atoms with Crippen molar-refractivity contribution >= 4 is 27.5 Å². The molecule has 2 rings (SSSR count). The molecule has 0 aromatic heterocycles. The first-order valence-electron chi connectivity index (χ1n) is 5.69. The van der Waals surface area contributed by atoms with Gasteiger partial charge in [-0.25, -0.2) is 13.1 Å². The quantitative estimate of drug-likeness (QED) is 0.513. The Bertz CT molecular complexity index is 671. The van der Waals surface area contributed by atoms with E-state index in [2.05, 4.69) is 10.0 Å². The molecule has 1 aliphatic heterocycles. The molecule has 1 unspecified atom stereocenters. The van der Waals surface area contributed by atoms with Gasteiger partial charge in [0, 0.05) is 12.2 Å². The second kappa shape index (κ2) is 5.19. The predicted octanol–water partition coefficient (Wildman–Crippen LogP) is -1.69. The average Bonchev–Trinajstić information content (AvgIpc) is 2.74. The van der Waals surface area contributed by atoms with E-state index in [1.54, 1.807) is 0 Å². The zero-order valence-electron chi connectivity index (χ0n) is 10.3. The summed E-state index contributed by atoms with van der Waals surface area (Å²) in [7, 11) is -3.88. The molecule has 1 aliphatic rings. The minimum Gasteiger partial charge on any atom is -0.382 e. The maximum Gasteiger partial charge on any atom is 0.247 e. The van der Waals surface area contributed by atoms with E-state index in [1.165, 1.54) is 18.2 Å². The van der Waals surface area contributed by atoms with E-state index in [-0.39, 0.29) is 17.2 Å². The largest absolute Gasteiger partial charge is 0.382 e. The van der Waals surface area contributed by atoms with Gasteiger partial charge in [-0.1, -0.05) is 0 Å². The van der Waals surface area contributed by atoms with Crippen molar-refractivity contribution in [2.24, 2.45) is 5.73 Å². The molecule has 5 N–H and O–H groups in total. The first-order valence-corrected chi connectivity index (χ1v) is 7.18. The van der Waals surface area contributed by atoms with Gasteiger partial charge in [0.25, 0.3) is 0 Å². The van der Waals surface area contributed by atoms with Gasteiger partial charge in [0.05, 0.1) is 11.3 Å². The Morgan fingerprint density at radius 1 is 1.50 bits per heavy atom. The number of hydrogen-bond acceptors (Lipinski definition) is 5. The van der Waals surface area contributed by atoms with E-state index in [0.717, 1.165) is 0 Å². The van der Waals surface area contributed by atoms with Gasteiger partial charge in [-0.3, -0.25) is 9.59 Å². The molecule has 9 heteroatoms. The molecule has 0 spiro atoms. The molecule has 8 nitrogen and oxygen atoms in total. The fourth-order valence-electron chi connectivity index (χ4n) is 1.75. The van der Waals surface area contributed by atoms with Crippen LogP contribution < -0.4 is 15.8 Å². The van der Waals surface area contributed by atoms with Crippen LogP contribution in [0, 0.1) is 0 Å². The Balaban J connectivity index is 2.17. The molecule has 0 saturated carbocycles. The third-order valence-electron chi connectivity index (χ3n) is 2.81. The van der Waals surface area contributed by atoms with Crippen LogP contribution in [-0.4, -0.2) is 38.0 Å². The molecule has 0 saturated heterocycles. The van der Waals surface area contributed by atoms with Crippen LogP contribution >= 0.6 is 0 Å². The van der Waals surface area contributed by atoms with Crippen molar-refractivity contribution in [1.29, 1.82) is 0 Å². The summed E-state index contributed by atoms with van der Waals surface area (Å²) >= 11 is 0. The maximum atomic E-state index is 12.0. The number of primary amides is 1. The Kier molecular flexibility index (Phi) is 3.75. The zero-order chi connectivity index (χ0) is 14.9. The monoisotopic (exact) mass is 299 g/mol. The Labute approximate surface area is 115 Å². The van der Waals surface area contributed by atoms with Gasteiger partial charge in [0.15, 0.2) is 0 Å². The van der Waals surface area contributed by atoms with Crippen LogP contribution in [-0.2, 0) is 26.0 Å². The standard InChI is InChI=1S/C11H13N3O5S/c12-11(17)9(15)5-13-20(18,19)7-1-2-8-6(3-7)4-10(16)14-8/h1-3,9,13,15H,4-5H2,(H2,12,17)(H,14,16). The van der Waals surface area contributed by atoms with Gasteiger partial charge in [0.2, 0.25) is 21.8 Å². The summed E-state index contributed by atoms with van der Waals surface area (Å²) in [6.45, 7) is -0.508. The number of rotatable bonds is 5. The van der Waals surface area contributed by atoms with Crippen LogP contribution in [0.15, 0.2) is 23.1 Å². The highest BCUT2D eigenvalue weighted by atomic mass is 32.2. The number of carbonyl (C=O) groups excluding carboxylic acids is 2. The van der Waals surface area contributed by atoms with Crippen molar-refractivity contribution < 1.29 is 23.1 Å². The number of nitrogens with one attached hydrogen (secondary N) is 2. The average molecular weight is 299 g/mol. The van der Waals surface area contributed by atoms with Gasteiger partial charge in [-0.15, -0.1) is 0 Å². The SMILES string of the molecule is NC(=O)C(O)CNS(=O)(=O)c1ccc2c(c1)CC(=O)N2. The lowest BCUT2D eigenvalue weighted by molar-refractivity contribution is -0.125. The van der Waals surface area contributed by atoms with Gasteiger partial charge < -0.3 is 16.2 Å².